The second kappa shape index (κ2) is 3.93. The van der Waals surface area contributed by atoms with Crippen molar-refractivity contribution in [3.05, 3.63) is 23.4 Å². The Balaban J connectivity index is 4.48. The molecule has 0 amide bonds. The summed E-state index contributed by atoms with van der Waals surface area (Å²) < 4.78 is 24.5. The lowest BCUT2D eigenvalue weighted by Gasteiger charge is -1.88. The van der Waals surface area contributed by atoms with Crippen LogP contribution in [-0.4, -0.2) is 6.72 Å². The van der Waals surface area contributed by atoms with E-state index in [1.54, 1.807) is 13.8 Å². The molecule has 0 N–H and O–H groups in total. The molecule has 0 unspecified atom stereocenters. The Morgan fingerprint density at radius 3 is 2.20 bits per heavy atom. The minimum Gasteiger partial charge on any atom is -0.234 e. The molecule has 0 aliphatic heterocycles. The van der Waals surface area contributed by atoms with Crippen molar-refractivity contribution in [3.8, 4) is 0 Å². The highest BCUT2D eigenvalue weighted by molar-refractivity contribution is 5.30. The molecule has 3 heteroatoms. The second-order valence-corrected chi connectivity index (χ2v) is 2.02. The molecule has 0 saturated heterocycles. The summed E-state index contributed by atoms with van der Waals surface area (Å²) in [5, 5.41) is 0. The van der Waals surface area contributed by atoms with Gasteiger partial charge in [-0.2, -0.15) is 4.39 Å². The molecule has 0 fully saturated rings. The van der Waals surface area contributed by atoms with Gasteiger partial charge >= 0.3 is 0 Å². The lowest BCUT2D eigenvalue weighted by Crippen LogP contribution is -1.73. The van der Waals surface area contributed by atoms with Crippen LogP contribution in [0.15, 0.2) is 28.4 Å². The minimum atomic E-state index is -1.17. The SMILES string of the molecule is C=N/C(F)=C(/F)C=C(C)C. The van der Waals surface area contributed by atoms with Crippen LogP contribution < -0.4 is 0 Å². The van der Waals surface area contributed by atoms with E-state index in [0.29, 0.717) is 5.57 Å². The zero-order valence-electron chi connectivity index (χ0n) is 5.99. The van der Waals surface area contributed by atoms with E-state index in [0.717, 1.165) is 6.08 Å². The van der Waals surface area contributed by atoms with Gasteiger partial charge in [-0.1, -0.05) is 5.57 Å². The zero-order valence-corrected chi connectivity index (χ0v) is 5.99. The standard InChI is InChI=1S/C7H9F2N/c1-5(2)4-6(8)7(9)10-3/h4H,3H2,1-2H3/b7-6+. The van der Waals surface area contributed by atoms with Crippen molar-refractivity contribution in [2.75, 3.05) is 0 Å². The van der Waals surface area contributed by atoms with Crippen LogP contribution in [0.5, 0.6) is 0 Å². The number of halogens is 2. The summed E-state index contributed by atoms with van der Waals surface area (Å²) >= 11 is 0. The normalized spacial score (nSPS) is 12.0. The van der Waals surface area contributed by atoms with Crippen molar-refractivity contribution < 1.29 is 8.78 Å². The van der Waals surface area contributed by atoms with Gasteiger partial charge in [-0.15, -0.1) is 0 Å². The molecule has 0 bridgehead atoms. The first-order valence-corrected chi connectivity index (χ1v) is 2.75. The molecule has 0 rings (SSSR count). The fourth-order valence-electron chi connectivity index (χ4n) is 0.389. The van der Waals surface area contributed by atoms with Gasteiger partial charge in [0.15, 0.2) is 5.83 Å². The van der Waals surface area contributed by atoms with Gasteiger partial charge < -0.3 is 0 Å². The van der Waals surface area contributed by atoms with E-state index in [9.17, 15) is 8.78 Å². The Hall–Kier alpha value is -0.990. The molecule has 0 aromatic heterocycles. The molecular weight excluding hydrogens is 136 g/mol. The Labute approximate surface area is 58.8 Å². The van der Waals surface area contributed by atoms with E-state index in [-0.39, 0.29) is 0 Å². The van der Waals surface area contributed by atoms with Crippen LogP contribution in [0, 0.1) is 0 Å². The number of aliphatic imine (C=N–C) groups is 1. The summed E-state index contributed by atoms with van der Waals surface area (Å²) in [4.78, 5) is 2.78. The van der Waals surface area contributed by atoms with Gasteiger partial charge in [-0.3, -0.25) is 0 Å². The van der Waals surface area contributed by atoms with E-state index in [2.05, 4.69) is 11.7 Å². The molecule has 0 atom stereocenters. The summed E-state index contributed by atoms with van der Waals surface area (Å²) in [6.45, 7) is 6.16. The molecular formula is C7H9F2N. The first-order chi connectivity index (χ1) is 4.57. The van der Waals surface area contributed by atoms with Crippen molar-refractivity contribution in [1.82, 2.24) is 0 Å². The number of rotatable bonds is 2. The van der Waals surface area contributed by atoms with Crippen LogP contribution in [0.25, 0.3) is 0 Å². The second-order valence-electron chi connectivity index (χ2n) is 2.02. The van der Waals surface area contributed by atoms with Crippen LogP contribution >= 0.6 is 0 Å². The summed E-state index contributed by atoms with van der Waals surface area (Å²) in [5.41, 5.74) is 0.677. The van der Waals surface area contributed by atoms with Crippen LogP contribution in [-0.2, 0) is 0 Å². The van der Waals surface area contributed by atoms with Crippen molar-refractivity contribution >= 4 is 6.72 Å². The van der Waals surface area contributed by atoms with Crippen molar-refractivity contribution in [2.45, 2.75) is 13.8 Å². The molecule has 0 saturated carbocycles. The maximum Gasteiger partial charge on any atom is 0.248 e. The largest absolute Gasteiger partial charge is 0.248 e. The average Bonchev–Trinajstić information content (AvgIpc) is 1.85. The highest BCUT2D eigenvalue weighted by Gasteiger charge is 1.97. The smallest absolute Gasteiger partial charge is 0.234 e. The molecule has 0 radical (unpaired) electrons. The topological polar surface area (TPSA) is 12.4 Å². The fraction of sp³-hybridized carbons (Fsp3) is 0.286. The predicted octanol–water partition coefficient (Wildman–Crippen LogP) is 2.76. The third kappa shape index (κ3) is 3.12. The number of allylic oxidation sites excluding steroid dienone is 3. The number of hydrogen-bond acceptors (Lipinski definition) is 1. The molecule has 56 valence electrons. The summed E-state index contributed by atoms with van der Waals surface area (Å²) in [5.74, 6) is -2.14. The Morgan fingerprint density at radius 2 is 1.90 bits per heavy atom. The third-order valence-electron chi connectivity index (χ3n) is 0.751. The molecule has 0 aromatic carbocycles. The van der Waals surface area contributed by atoms with Crippen molar-refractivity contribution in [2.24, 2.45) is 4.99 Å². The van der Waals surface area contributed by atoms with Gasteiger partial charge in [-0.25, -0.2) is 9.38 Å². The van der Waals surface area contributed by atoms with Gasteiger partial charge in [0.2, 0.25) is 5.95 Å². The first kappa shape index (κ1) is 9.01. The Morgan fingerprint density at radius 1 is 1.40 bits per heavy atom. The fourth-order valence-corrected chi connectivity index (χ4v) is 0.389. The van der Waals surface area contributed by atoms with Crippen LogP contribution in [0.3, 0.4) is 0 Å². The highest BCUT2D eigenvalue weighted by atomic mass is 19.2. The van der Waals surface area contributed by atoms with Crippen LogP contribution in [0.2, 0.25) is 0 Å². The highest BCUT2D eigenvalue weighted by Crippen LogP contribution is 2.11. The molecule has 0 aliphatic rings. The minimum absolute atomic E-state index is 0.677. The van der Waals surface area contributed by atoms with E-state index in [1.165, 1.54) is 0 Å². The Bertz CT molecular complexity index is 188. The lowest BCUT2D eigenvalue weighted by molar-refractivity contribution is 0.548. The van der Waals surface area contributed by atoms with Gasteiger partial charge in [0.05, 0.1) is 0 Å². The average molecular weight is 145 g/mol. The zero-order chi connectivity index (χ0) is 8.15. The quantitative estimate of drug-likeness (QED) is 0.322. The predicted molar refractivity (Wildman–Crippen MR) is 38.2 cm³/mol. The summed E-state index contributed by atoms with van der Waals surface area (Å²) in [6.07, 6.45) is 1.06. The summed E-state index contributed by atoms with van der Waals surface area (Å²) in [6, 6.07) is 0. The Kier molecular flexibility index (Phi) is 3.54. The number of nitrogens with zero attached hydrogens (tertiary/aromatic N) is 1. The van der Waals surface area contributed by atoms with Crippen LogP contribution in [0.4, 0.5) is 8.78 Å². The van der Waals surface area contributed by atoms with Crippen LogP contribution in [0.1, 0.15) is 13.8 Å². The van der Waals surface area contributed by atoms with E-state index in [4.69, 9.17) is 0 Å². The molecule has 0 aromatic rings. The molecule has 0 heterocycles. The number of hydrogen-bond donors (Lipinski definition) is 0. The van der Waals surface area contributed by atoms with Gasteiger partial charge in [-0.05, 0) is 26.6 Å². The van der Waals surface area contributed by atoms with E-state index < -0.39 is 11.8 Å². The molecule has 0 spiro atoms. The van der Waals surface area contributed by atoms with Gasteiger partial charge in [0.1, 0.15) is 0 Å². The van der Waals surface area contributed by atoms with E-state index >= 15 is 0 Å². The first-order valence-electron chi connectivity index (χ1n) is 2.75. The monoisotopic (exact) mass is 145 g/mol. The maximum atomic E-state index is 12.3. The maximum absolute atomic E-state index is 12.3. The summed E-state index contributed by atoms with van der Waals surface area (Å²) in [7, 11) is 0. The van der Waals surface area contributed by atoms with Crippen molar-refractivity contribution in [3.63, 3.8) is 0 Å². The van der Waals surface area contributed by atoms with E-state index in [1.807, 2.05) is 0 Å². The third-order valence-corrected chi connectivity index (χ3v) is 0.751. The van der Waals surface area contributed by atoms with Crippen molar-refractivity contribution in [1.29, 1.82) is 0 Å². The molecule has 0 aliphatic carbocycles. The van der Waals surface area contributed by atoms with Gasteiger partial charge in [0, 0.05) is 0 Å². The molecule has 10 heavy (non-hydrogen) atoms. The lowest BCUT2D eigenvalue weighted by atomic mass is 10.3. The molecule has 1 nitrogen and oxygen atoms in total. The van der Waals surface area contributed by atoms with Gasteiger partial charge in [0.25, 0.3) is 0 Å².